The Balaban J connectivity index is 0.00000408. The Morgan fingerprint density at radius 2 is 1.85 bits per heavy atom. The molecule has 0 saturated carbocycles. The molecule has 0 radical (unpaired) electrons. The minimum atomic E-state index is -1.07. The van der Waals surface area contributed by atoms with E-state index in [2.05, 4.69) is 5.32 Å². The van der Waals surface area contributed by atoms with Gasteiger partial charge < -0.3 is 24.8 Å². The second-order valence-corrected chi connectivity index (χ2v) is 7.50. The number of rotatable bonds is 10. The van der Waals surface area contributed by atoms with Crippen molar-refractivity contribution < 1.29 is 29.0 Å². The van der Waals surface area contributed by atoms with Gasteiger partial charge in [0.25, 0.3) is 5.91 Å². The number of ether oxygens (including phenoxy) is 2. The van der Waals surface area contributed by atoms with Gasteiger partial charge in [0.2, 0.25) is 0 Å². The number of carbonyl (C=O) groups is 3. The number of ketones is 1. The molecule has 2 aromatic carbocycles. The average molecular weight is 534 g/mol. The molecule has 0 bridgehead atoms. The molecular weight excluding hydrogens is 506 g/mol. The number of halogens is 1. The van der Waals surface area contributed by atoms with Crippen LogP contribution >= 0.6 is 17.0 Å². The fraction of sp³-hybridized carbons (Fsp3) is 0.333. The van der Waals surface area contributed by atoms with Crippen LogP contribution in [0.5, 0.6) is 11.5 Å². The number of fused-ring (bicyclic) bond motifs is 1. The molecule has 3 rings (SSSR count). The number of amidine groups is 1. The smallest absolute Gasteiger partial charge is 0.341 e. The maximum atomic E-state index is 13.0. The van der Waals surface area contributed by atoms with Gasteiger partial charge in [-0.1, -0.05) is 6.92 Å². The van der Waals surface area contributed by atoms with Crippen molar-refractivity contribution in [3.05, 3.63) is 58.1 Å². The van der Waals surface area contributed by atoms with Crippen LogP contribution in [0.15, 0.2) is 30.3 Å². The van der Waals surface area contributed by atoms with E-state index in [1.807, 2.05) is 13.8 Å². The number of nitrogens with one attached hydrogen (secondary N) is 2. The van der Waals surface area contributed by atoms with Gasteiger partial charge in [-0.05, 0) is 54.8 Å². The molecule has 3 N–H and O–H groups in total. The minimum Gasteiger partial charge on any atom is -0.493 e. The standard InChI is InChI=1S/C24H27N3O6.BrH/c1-4-14-8-15(6-7-20(14)33-13-22(29)30)19(28)12-27-11-16-9-21(32-5-2)18(24(31)26-3)10-17(16)23(27)25;/h6-10,25H,4-5,11-13H2,1-3H3,(H,26,31)(H,29,30);1H. The molecule has 1 aliphatic rings. The topological polar surface area (TPSA) is 129 Å². The van der Waals surface area contributed by atoms with Crippen molar-refractivity contribution in [1.29, 1.82) is 5.41 Å². The third kappa shape index (κ3) is 5.74. The van der Waals surface area contributed by atoms with E-state index in [4.69, 9.17) is 20.0 Å². The highest BCUT2D eigenvalue weighted by molar-refractivity contribution is 8.93. The van der Waals surface area contributed by atoms with Crippen LogP contribution < -0.4 is 14.8 Å². The Labute approximate surface area is 208 Å². The fourth-order valence-electron chi connectivity index (χ4n) is 3.72. The number of nitrogens with zero attached hydrogens (tertiary/aromatic N) is 1. The van der Waals surface area contributed by atoms with E-state index in [-0.39, 0.29) is 41.1 Å². The lowest BCUT2D eigenvalue weighted by atomic mass is 10.0. The highest BCUT2D eigenvalue weighted by Crippen LogP contribution is 2.31. The van der Waals surface area contributed by atoms with Crippen LogP contribution in [-0.2, 0) is 17.8 Å². The number of hydrogen-bond acceptors (Lipinski definition) is 6. The zero-order chi connectivity index (χ0) is 24.1. The molecule has 0 fully saturated rings. The van der Waals surface area contributed by atoms with Crippen molar-refractivity contribution in [3.8, 4) is 11.5 Å². The summed E-state index contributed by atoms with van der Waals surface area (Å²) >= 11 is 0. The summed E-state index contributed by atoms with van der Waals surface area (Å²) in [6.07, 6.45) is 0.573. The van der Waals surface area contributed by atoms with Gasteiger partial charge in [0.15, 0.2) is 12.4 Å². The third-order valence-corrected chi connectivity index (χ3v) is 5.36. The van der Waals surface area contributed by atoms with Crippen molar-refractivity contribution in [2.24, 2.45) is 0 Å². The van der Waals surface area contributed by atoms with Crippen LogP contribution in [0.1, 0.15) is 51.3 Å². The van der Waals surface area contributed by atoms with Crippen LogP contribution in [0.25, 0.3) is 0 Å². The number of hydrogen-bond donors (Lipinski definition) is 3. The van der Waals surface area contributed by atoms with E-state index < -0.39 is 12.6 Å². The number of carboxylic acids is 1. The maximum Gasteiger partial charge on any atom is 0.341 e. The molecule has 0 saturated heterocycles. The summed E-state index contributed by atoms with van der Waals surface area (Å²) in [6.45, 7) is 4.01. The van der Waals surface area contributed by atoms with E-state index in [1.165, 1.54) is 7.05 Å². The Morgan fingerprint density at radius 1 is 1.12 bits per heavy atom. The minimum absolute atomic E-state index is 0. The molecule has 10 heteroatoms. The van der Waals surface area contributed by atoms with Crippen molar-refractivity contribution in [2.75, 3.05) is 26.8 Å². The van der Waals surface area contributed by atoms with Crippen LogP contribution in [-0.4, -0.2) is 60.3 Å². The molecule has 0 aromatic heterocycles. The molecule has 0 unspecified atom stereocenters. The molecule has 9 nitrogen and oxygen atoms in total. The number of Topliss-reactive ketones (excluding diaryl/α,β-unsaturated/α-hetero) is 1. The molecule has 34 heavy (non-hydrogen) atoms. The van der Waals surface area contributed by atoms with E-state index in [1.54, 1.807) is 35.2 Å². The zero-order valence-corrected chi connectivity index (χ0v) is 21.0. The summed E-state index contributed by atoms with van der Waals surface area (Å²) in [5.74, 6) is -0.506. The lowest BCUT2D eigenvalue weighted by Crippen LogP contribution is -2.30. The van der Waals surface area contributed by atoms with E-state index >= 15 is 0 Å². The Hall–Kier alpha value is -3.40. The molecule has 0 atom stereocenters. The van der Waals surface area contributed by atoms with E-state index in [0.29, 0.717) is 47.8 Å². The third-order valence-electron chi connectivity index (χ3n) is 5.36. The molecule has 182 valence electrons. The lowest BCUT2D eigenvalue weighted by Gasteiger charge is -2.17. The van der Waals surface area contributed by atoms with Gasteiger partial charge in [0.05, 0.1) is 18.7 Å². The fourth-order valence-corrected chi connectivity index (χ4v) is 3.72. The molecule has 0 spiro atoms. The number of amides is 1. The first kappa shape index (κ1) is 26.8. The number of benzene rings is 2. The van der Waals surface area contributed by atoms with Gasteiger partial charge in [-0.25, -0.2) is 4.79 Å². The first-order valence-corrected chi connectivity index (χ1v) is 10.6. The summed E-state index contributed by atoms with van der Waals surface area (Å²) in [5, 5.41) is 19.9. The highest BCUT2D eigenvalue weighted by Gasteiger charge is 2.29. The predicted molar refractivity (Wildman–Crippen MR) is 132 cm³/mol. The summed E-state index contributed by atoms with van der Waals surface area (Å²) < 4.78 is 10.9. The van der Waals surface area contributed by atoms with E-state index in [0.717, 1.165) is 11.1 Å². The Kier molecular flexibility index (Phi) is 9.19. The van der Waals surface area contributed by atoms with Gasteiger partial charge in [-0.2, -0.15) is 0 Å². The van der Waals surface area contributed by atoms with Crippen LogP contribution in [0.2, 0.25) is 0 Å². The maximum absolute atomic E-state index is 13.0. The number of carboxylic acid groups (broad SMARTS) is 1. The number of carbonyl (C=O) groups excluding carboxylic acids is 2. The molecular formula is C24H28BrN3O6. The molecule has 2 aromatic rings. The van der Waals surface area contributed by atoms with Crippen molar-refractivity contribution >= 4 is 40.5 Å². The van der Waals surface area contributed by atoms with Gasteiger partial charge >= 0.3 is 5.97 Å². The lowest BCUT2D eigenvalue weighted by molar-refractivity contribution is -0.139. The molecule has 0 aliphatic carbocycles. The second kappa shape index (κ2) is 11.6. The van der Waals surface area contributed by atoms with Gasteiger partial charge in [0.1, 0.15) is 17.3 Å². The monoisotopic (exact) mass is 533 g/mol. The first-order chi connectivity index (χ1) is 15.8. The summed E-state index contributed by atoms with van der Waals surface area (Å²) in [6, 6.07) is 8.29. The molecule has 1 aliphatic heterocycles. The Bertz CT molecular complexity index is 1120. The van der Waals surface area contributed by atoms with Crippen LogP contribution in [0.4, 0.5) is 0 Å². The van der Waals surface area contributed by atoms with Crippen LogP contribution in [0.3, 0.4) is 0 Å². The summed E-state index contributed by atoms with van der Waals surface area (Å²) in [7, 11) is 1.53. The van der Waals surface area contributed by atoms with Crippen LogP contribution in [0, 0.1) is 5.41 Å². The Morgan fingerprint density at radius 3 is 2.47 bits per heavy atom. The van der Waals surface area contributed by atoms with Gasteiger partial charge in [-0.15, -0.1) is 17.0 Å². The van der Waals surface area contributed by atoms with Crippen molar-refractivity contribution in [3.63, 3.8) is 0 Å². The van der Waals surface area contributed by atoms with Gasteiger partial charge in [0, 0.05) is 24.7 Å². The quantitative estimate of drug-likeness (QED) is 0.400. The second-order valence-electron chi connectivity index (χ2n) is 7.50. The highest BCUT2D eigenvalue weighted by atomic mass is 79.9. The summed E-state index contributed by atoms with van der Waals surface area (Å²) in [4.78, 5) is 37.6. The molecule has 1 heterocycles. The average Bonchev–Trinajstić information content (AvgIpc) is 3.10. The number of aliphatic carboxylic acids is 1. The molecule has 1 amide bonds. The zero-order valence-electron chi connectivity index (χ0n) is 19.3. The first-order valence-electron chi connectivity index (χ1n) is 10.6. The van der Waals surface area contributed by atoms with E-state index in [9.17, 15) is 14.4 Å². The largest absolute Gasteiger partial charge is 0.493 e. The number of aryl methyl sites for hydroxylation is 1. The van der Waals surface area contributed by atoms with Crippen molar-refractivity contribution in [1.82, 2.24) is 10.2 Å². The normalized spacial score (nSPS) is 12.0. The van der Waals surface area contributed by atoms with Gasteiger partial charge in [-0.3, -0.25) is 15.0 Å². The van der Waals surface area contributed by atoms with Crippen molar-refractivity contribution in [2.45, 2.75) is 26.8 Å². The SMILES string of the molecule is Br.CCOc1cc2c(cc1C(=O)NC)C(=N)N(CC(=O)c1ccc(OCC(=O)O)c(CC)c1)C2. The predicted octanol–water partition coefficient (Wildman–Crippen LogP) is 3.07. The summed E-state index contributed by atoms with van der Waals surface area (Å²) in [5.41, 5.74) is 2.95.